The highest BCUT2D eigenvalue weighted by Crippen LogP contribution is 2.44. The van der Waals surface area contributed by atoms with Crippen LogP contribution in [0.1, 0.15) is 54.1 Å². The molecule has 1 aliphatic heterocycles. The van der Waals surface area contributed by atoms with Crippen molar-refractivity contribution in [1.82, 2.24) is 5.32 Å². The van der Waals surface area contributed by atoms with Gasteiger partial charge in [0, 0.05) is 19.5 Å². The highest BCUT2D eigenvalue weighted by atomic mass is 127. The highest BCUT2D eigenvalue weighted by Gasteiger charge is 2.40. The van der Waals surface area contributed by atoms with Gasteiger partial charge in [0.2, 0.25) is 0 Å². The summed E-state index contributed by atoms with van der Waals surface area (Å²) >= 11 is 3.65. The number of fused-ring (bicyclic) bond motifs is 1. The summed E-state index contributed by atoms with van der Waals surface area (Å²) in [7, 11) is 0. The number of hydrogen-bond acceptors (Lipinski definition) is 4. The van der Waals surface area contributed by atoms with Crippen LogP contribution in [0.4, 0.5) is 5.00 Å². The first-order valence-electron chi connectivity index (χ1n) is 8.06. The minimum atomic E-state index is -0.239. The Hall–Kier alpha value is -1.43. The summed E-state index contributed by atoms with van der Waals surface area (Å²) in [5, 5.41) is 17.0. The number of amides is 1. The van der Waals surface area contributed by atoms with E-state index in [9.17, 15) is 10.1 Å². The van der Waals surface area contributed by atoms with E-state index in [-0.39, 0.29) is 17.0 Å². The van der Waals surface area contributed by atoms with E-state index >= 15 is 0 Å². The molecule has 0 radical (unpaired) electrons. The largest absolute Gasteiger partial charge is 0.312 e. The van der Waals surface area contributed by atoms with Crippen LogP contribution in [0.2, 0.25) is 0 Å². The van der Waals surface area contributed by atoms with E-state index < -0.39 is 0 Å². The maximum absolute atomic E-state index is 12.7. The fourth-order valence-electron chi connectivity index (χ4n) is 3.55. The van der Waals surface area contributed by atoms with Gasteiger partial charge >= 0.3 is 0 Å². The van der Waals surface area contributed by atoms with Crippen LogP contribution >= 0.6 is 33.9 Å². The van der Waals surface area contributed by atoms with Gasteiger partial charge in [-0.1, -0.05) is 12.1 Å². The van der Waals surface area contributed by atoms with Crippen LogP contribution < -0.4 is 10.6 Å². The third-order valence-electron chi connectivity index (χ3n) is 4.30. The SMILES string of the molecule is CC1(C)Cc2c(sc(NC(=O)c3ccccc3I)c2C#N)C(C)(C)N1. The first kappa shape index (κ1) is 18.4. The summed E-state index contributed by atoms with van der Waals surface area (Å²) in [5.41, 5.74) is 1.94. The fraction of sp³-hybridized carbons (Fsp3) is 0.368. The van der Waals surface area contributed by atoms with E-state index in [1.54, 1.807) is 6.07 Å². The van der Waals surface area contributed by atoms with Crippen molar-refractivity contribution in [2.75, 3.05) is 5.32 Å². The first-order chi connectivity index (χ1) is 11.6. The Balaban J connectivity index is 2.02. The summed E-state index contributed by atoms with van der Waals surface area (Å²) < 4.78 is 0.889. The lowest BCUT2D eigenvalue weighted by atomic mass is 9.81. The van der Waals surface area contributed by atoms with Crippen molar-refractivity contribution >= 4 is 44.8 Å². The molecule has 0 saturated heterocycles. The lowest BCUT2D eigenvalue weighted by molar-refractivity contribution is 0.102. The molecule has 0 unspecified atom stereocenters. The van der Waals surface area contributed by atoms with Crippen molar-refractivity contribution in [1.29, 1.82) is 5.26 Å². The smallest absolute Gasteiger partial charge is 0.257 e. The van der Waals surface area contributed by atoms with Crippen molar-refractivity contribution in [2.24, 2.45) is 0 Å². The van der Waals surface area contributed by atoms with E-state index in [1.165, 1.54) is 11.3 Å². The van der Waals surface area contributed by atoms with Gasteiger partial charge in [0.25, 0.3) is 5.91 Å². The van der Waals surface area contributed by atoms with Gasteiger partial charge < -0.3 is 10.6 Å². The molecular weight excluding hydrogens is 445 g/mol. The van der Waals surface area contributed by atoms with Crippen LogP contribution in [-0.4, -0.2) is 11.4 Å². The molecule has 6 heteroatoms. The summed E-state index contributed by atoms with van der Waals surface area (Å²) in [6.07, 6.45) is 0.768. The molecule has 1 aliphatic rings. The average Bonchev–Trinajstić information content (AvgIpc) is 2.83. The van der Waals surface area contributed by atoms with E-state index in [1.807, 2.05) is 18.2 Å². The second-order valence-corrected chi connectivity index (χ2v) is 9.65. The molecule has 2 N–H and O–H groups in total. The first-order valence-corrected chi connectivity index (χ1v) is 9.95. The Morgan fingerprint density at radius 2 is 2.00 bits per heavy atom. The zero-order chi connectivity index (χ0) is 18.4. The summed E-state index contributed by atoms with van der Waals surface area (Å²) in [4.78, 5) is 13.8. The Morgan fingerprint density at radius 1 is 1.32 bits per heavy atom. The number of nitrogens with one attached hydrogen (secondary N) is 2. The van der Waals surface area contributed by atoms with Crippen LogP contribution in [0.5, 0.6) is 0 Å². The van der Waals surface area contributed by atoms with Gasteiger partial charge in [-0.3, -0.25) is 4.79 Å². The van der Waals surface area contributed by atoms with Gasteiger partial charge in [-0.25, -0.2) is 0 Å². The zero-order valence-electron chi connectivity index (χ0n) is 14.7. The van der Waals surface area contributed by atoms with Gasteiger partial charge in [-0.15, -0.1) is 11.3 Å². The lowest BCUT2D eigenvalue weighted by Gasteiger charge is -2.42. The van der Waals surface area contributed by atoms with Crippen LogP contribution in [0, 0.1) is 14.9 Å². The fourth-order valence-corrected chi connectivity index (χ4v) is 5.40. The molecule has 3 rings (SSSR count). The molecule has 130 valence electrons. The topological polar surface area (TPSA) is 64.9 Å². The normalized spacial score (nSPS) is 17.4. The van der Waals surface area contributed by atoms with Crippen LogP contribution in [0.15, 0.2) is 24.3 Å². The van der Waals surface area contributed by atoms with E-state index in [2.05, 4.69) is 67.0 Å². The maximum atomic E-state index is 12.7. The second kappa shape index (κ2) is 6.38. The average molecular weight is 465 g/mol. The van der Waals surface area contributed by atoms with Crippen LogP contribution in [0.3, 0.4) is 0 Å². The zero-order valence-corrected chi connectivity index (χ0v) is 17.6. The summed E-state index contributed by atoms with van der Waals surface area (Å²) in [5.74, 6) is -0.176. The number of carbonyl (C=O) groups excluding carboxylic acids is 1. The van der Waals surface area contributed by atoms with Crippen molar-refractivity contribution in [3.8, 4) is 6.07 Å². The monoisotopic (exact) mass is 465 g/mol. The number of thiophene rings is 1. The number of rotatable bonds is 2. The lowest BCUT2D eigenvalue weighted by Crippen LogP contribution is -2.54. The molecule has 1 aromatic heterocycles. The second-order valence-electron chi connectivity index (χ2n) is 7.47. The molecule has 1 amide bonds. The van der Waals surface area contributed by atoms with Crippen LogP contribution in [-0.2, 0) is 12.0 Å². The molecule has 0 fully saturated rings. The Morgan fingerprint density at radius 3 is 2.64 bits per heavy atom. The van der Waals surface area contributed by atoms with E-state index in [0.717, 1.165) is 20.4 Å². The number of halogens is 1. The van der Waals surface area contributed by atoms with E-state index in [4.69, 9.17) is 0 Å². The molecule has 2 heterocycles. The van der Waals surface area contributed by atoms with Crippen molar-refractivity contribution in [3.05, 3.63) is 49.4 Å². The number of benzene rings is 1. The molecule has 0 bridgehead atoms. The Kier molecular flexibility index (Phi) is 4.69. The standard InChI is InChI=1S/C19H20IN3OS/c1-18(2)9-12-13(10-21)17(25-15(12)19(3,4)23-18)22-16(24)11-7-5-6-8-14(11)20/h5-8,23H,9H2,1-4H3,(H,22,24). The molecule has 2 aromatic rings. The minimum Gasteiger partial charge on any atom is -0.312 e. The van der Waals surface area contributed by atoms with Gasteiger partial charge in [0.05, 0.1) is 11.1 Å². The molecule has 0 spiro atoms. The van der Waals surface area contributed by atoms with Crippen molar-refractivity contribution < 1.29 is 4.79 Å². The predicted octanol–water partition coefficient (Wildman–Crippen LogP) is 4.64. The number of nitrogens with zero attached hydrogens (tertiary/aromatic N) is 1. The van der Waals surface area contributed by atoms with Gasteiger partial charge in [-0.2, -0.15) is 5.26 Å². The van der Waals surface area contributed by atoms with Gasteiger partial charge in [0.15, 0.2) is 0 Å². The molecule has 0 saturated carbocycles. The molecule has 4 nitrogen and oxygen atoms in total. The highest BCUT2D eigenvalue weighted by molar-refractivity contribution is 14.1. The predicted molar refractivity (Wildman–Crippen MR) is 110 cm³/mol. The molecule has 0 aliphatic carbocycles. The third kappa shape index (κ3) is 3.46. The van der Waals surface area contributed by atoms with Crippen molar-refractivity contribution in [3.63, 3.8) is 0 Å². The summed E-state index contributed by atoms with van der Waals surface area (Å²) in [6, 6.07) is 9.76. The molecular formula is C19H20IN3OS. The number of hydrogen-bond donors (Lipinski definition) is 2. The number of carbonyl (C=O) groups is 1. The maximum Gasteiger partial charge on any atom is 0.257 e. The number of anilines is 1. The molecule has 1 aromatic carbocycles. The quantitative estimate of drug-likeness (QED) is 0.636. The van der Waals surface area contributed by atoms with Gasteiger partial charge in [-0.05, 0) is 74.4 Å². The van der Waals surface area contributed by atoms with Gasteiger partial charge in [0.1, 0.15) is 11.1 Å². The summed E-state index contributed by atoms with van der Waals surface area (Å²) in [6.45, 7) is 8.52. The molecule has 0 atom stereocenters. The third-order valence-corrected chi connectivity index (χ3v) is 6.71. The molecule has 25 heavy (non-hydrogen) atoms. The number of nitriles is 1. The van der Waals surface area contributed by atoms with E-state index in [0.29, 0.717) is 16.1 Å². The minimum absolute atomic E-state index is 0.0980. The Labute approximate surface area is 165 Å². The van der Waals surface area contributed by atoms with Crippen LogP contribution in [0.25, 0.3) is 0 Å². The Bertz CT molecular complexity index is 893. The van der Waals surface area contributed by atoms with Crippen molar-refractivity contribution in [2.45, 2.75) is 45.2 Å².